The van der Waals surface area contributed by atoms with Crippen molar-refractivity contribution < 1.29 is 4.74 Å². The second-order valence-electron chi connectivity index (χ2n) is 3.69. The molecule has 1 saturated heterocycles. The summed E-state index contributed by atoms with van der Waals surface area (Å²) in [5.41, 5.74) is 1.15. The number of nitrogens with one attached hydrogen (secondary N) is 1. The number of ether oxygens (including phenoxy) is 1. The molecule has 1 heterocycles. The maximum atomic E-state index is 5.92. The van der Waals surface area contributed by atoms with E-state index in [0.29, 0.717) is 6.04 Å². The van der Waals surface area contributed by atoms with Crippen molar-refractivity contribution in [1.29, 1.82) is 0 Å². The van der Waals surface area contributed by atoms with E-state index in [4.69, 9.17) is 16.3 Å². The molecule has 3 heteroatoms. The molecular formula is C11H14ClNO. The molecule has 1 aromatic rings. The van der Waals surface area contributed by atoms with Crippen LogP contribution in [0.3, 0.4) is 0 Å². The standard InChI is InChI=1S/C11H14ClNO/c1-8-7-14-11(6-13-8)9-3-2-4-10(12)5-9/h2-5,8,11,13H,6-7H2,1H3/t8-,11+/m0/s1. The summed E-state index contributed by atoms with van der Waals surface area (Å²) in [6, 6.07) is 8.30. The molecule has 76 valence electrons. The van der Waals surface area contributed by atoms with E-state index in [2.05, 4.69) is 12.2 Å². The van der Waals surface area contributed by atoms with E-state index in [-0.39, 0.29) is 6.10 Å². The molecule has 0 spiro atoms. The van der Waals surface area contributed by atoms with Crippen LogP contribution in [0.2, 0.25) is 5.02 Å². The van der Waals surface area contributed by atoms with Gasteiger partial charge in [0.1, 0.15) is 0 Å². The molecule has 1 fully saturated rings. The Morgan fingerprint density at radius 2 is 2.36 bits per heavy atom. The summed E-state index contributed by atoms with van der Waals surface area (Å²) in [6.07, 6.45) is 0.143. The van der Waals surface area contributed by atoms with Gasteiger partial charge in [0.05, 0.1) is 12.7 Å². The number of hydrogen-bond donors (Lipinski definition) is 1. The minimum atomic E-state index is 0.143. The van der Waals surface area contributed by atoms with Crippen molar-refractivity contribution in [3.63, 3.8) is 0 Å². The molecule has 0 aliphatic carbocycles. The lowest BCUT2D eigenvalue weighted by Crippen LogP contribution is -2.40. The van der Waals surface area contributed by atoms with Crippen LogP contribution in [0.15, 0.2) is 24.3 Å². The van der Waals surface area contributed by atoms with Crippen LogP contribution in [0, 0.1) is 0 Å². The van der Waals surface area contributed by atoms with Crippen molar-refractivity contribution in [2.45, 2.75) is 19.1 Å². The van der Waals surface area contributed by atoms with Gasteiger partial charge in [-0.1, -0.05) is 23.7 Å². The average molecular weight is 212 g/mol. The molecule has 1 aliphatic rings. The smallest absolute Gasteiger partial charge is 0.0950 e. The lowest BCUT2D eigenvalue weighted by Gasteiger charge is -2.28. The van der Waals surface area contributed by atoms with Gasteiger partial charge in [-0.05, 0) is 24.6 Å². The fourth-order valence-corrected chi connectivity index (χ4v) is 1.81. The Balaban J connectivity index is 2.08. The minimum Gasteiger partial charge on any atom is -0.371 e. The molecule has 2 rings (SSSR count). The first-order valence-corrected chi connectivity index (χ1v) is 5.24. The van der Waals surface area contributed by atoms with Crippen LogP contribution in [-0.4, -0.2) is 19.2 Å². The average Bonchev–Trinajstić information content (AvgIpc) is 2.19. The summed E-state index contributed by atoms with van der Waals surface area (Å²) in [5.74, 6) is 0. The Bertz CT molecular complexity index is 308. The lowest BCUT2D eigenvalue weighted by atomic mass is 10.1. The first-order chi connectivity index (χ1) is 6.75. The summed E-state index contributed by atoms with van der Waals surface area (Å²) >= 11 is 5.92. The number of benzene rings is 1. The summed E-state index contributed by atoms with van der Waals surface area (Å²) in [6.45, 7) is 3.74. The van der Waals surface area contributed by atoms with E-state index in [1.54, 1.807) is 0 Å². The Kier molecular flexibility index (Phi) is 3.06. The molecule has 2 atom stereocenters. The van der Waals surface area contributed by atoms with Gasteiger partial charge in [-0.3, -0.25) is 0 Å². The zero-order chi connectivity index (χ0) is 9.97. The zero-order valence-corrected chi connectivity index (χ0v) is 8.92. The topological polar surface area (TPSA) is 21.3 Å². The van der Waals surface area contributed by atoms with Gasteiger partial charge in [0.15, 0.2) is 0 Å². The van der Waals surface area contributed by atoms with Crippen LogP contribution in [0.4, 0.5) is 0 Å². The summed E-state index contributed by atoms with van der Waals surface area (Å²) in [5, 5.41) is 4.15. The highest BCUT2D eigenvalue weighted by molar-refractivity contribution is 6.30. The molecule has 0 aromatic heterocycles. The Labute approximate surface area is 89.2 Å². The number of halogens is 1. The highest BCUT2D eigenvalue weighted by Crippen LogP contribution is 2.22. The fraction of sp³-hybridized carbons (Fsp3) is 0.455. The lowest BCUT2D eigenvalue weighted by molar-refractivity contribution is 0.00696. The van der Waals surface area contributed by atoms with Gasteiger partial charge in [-0.2, -0.15) is 0 Å². The molecule has 0 radical (unpaired) electrons. The molecule has 1 aliphatic heterocycles. The number of hydrogen-bond acceptors (Lipinski definition) is 2. The molecule has 1 N–H and O–H groups in total. The van der Waals surface area contributed by atoms with Crippen molar-refractivity contribution in [3.05, 3.63) is 34.9 Å². The SMILES string of the molecule is C[C@H]1CO[C@@H](c2cccc(Cl)c2)CN1. The predicted octanol–water partition coefficient (Wildman–Crippen LogP) is 2.39. The monoisotopic (exact) mass is 211 g/mol. The normalized spacial score (nSPS) is 27.6. The van der Waals surface area contributed by atoms with Gasteiger partial charge in [0, 0.05) is 17.6 Å². The Hall–Kier alpha value is -0.570. The van der Waals surface area contributed by atoms with Crippen molar-refractivity contribution in [3.8, 4) is 0 Å². The van der Waals surface area contributed by atoms with Crippen molar-refractivity contribution >= 4 is 11.6 Å². The van der Waals surface area contributed by atoms with Crippen LogP contribution in [0.1, 0.15) is 18.6 Å². The summed E-state index contributed by atoms with van der Waals surface area (Å²) in [4.78, 5) is 0. The maximum Gasteiger partial charge on any atom is 0.0950 e. The van der Waals surface area contributed by atoms with Gasteiger partial charge < -0.3 is 10.1 Å². The van der Waals surface area contributed by atoms with Crippen molar-refractivity contribution in [1.82, 2.24) is 5.32 Å². The fourth-order valence-electron chi connectivity index (χ4n) is 1.61. The van der Waals surface area contributed by atoms with Crippen LogP contribution >= 0.6 is 11.6 Å². The van der Waals surface area contributed by atoms with E-state index < -0.39 is 0 Å². The second-order valence-corrected chi connectivity index (χ2v) is 4.12. The number of morpholine rings is 1. The highest BCUT2D eigenvalue weighted by Gasteiger charge is 2.19. The molecule has 2 nitrogen and oxygen atoms in total. The van der Waals surface area contributed by atoms with Crippen LogP contribution in [0.25, 0.3) is 0 Å². The molecular weight excluding hydrogens is 198 g/mol. The zero-order valence-electron chi connectivity index (χ0n) is 8.16. The molecule has 0 saturated carbocycles. The second kappa shape index (κ2) is 4.30. The molecule has 0 unspecified atom stereocenters. The third-order valence-corrected chi connectivity index (χ3v) is 2.65. The van der Waals surface area contributed by atoms with E-state index >= 15 is 0 Å². The van der Waals surface area contributed by atoms with Crippen LogP contribution in [0.5, 0.6) is 0 Å². The summed E-state index contributed by atoms with van der Waals surface area (Å²) in [7, 11) is 0. The highest BCUT2D eigenvalue weighted by atomic mass is 35.5. The van der Waals surface area contributed by atoms with Gasteiger partial charge in [-0.15, -0.1) is 0 Å². The molecule has 1 aromatic carbocycles. The van der Waals surface area contributed by atoms with E-state index in [0.717, 1.165) is 23.7 Å². The Morgan fingerprint density at radius 3 is 3.00 bits per heavy atom. The third-order valence-electron chi connectivity index (χ3n) is 2.42. The minimum absolute atomic E-state index is 0.143. The Morgan fingerprint density at radius 1 is 1.50 bits per heavy atom. The van der Waals surface area contributed by atoms with Crippen LogP contribution in [-0.2, 0) is 4.74 Å². The molecule has 0 amide bonds. The number of rotatable bonds is 1. The summed E-state index contributed by atoms with van der Waals surface area (Å²) < 4.78 is 5.71. The van der Waals surface area contributed by atoms with E-state index in [1.807, 2.05) is 24.3 Å². The van der Waals surface area contributed by atoms with Crippen molar-refractivity contribution in [2.75, 3.05) is 13.2 Å². The van der Waals surface area contributed by atoms with E-state index in [1.165, 1.54) is 0 Å². The maximum absolute atomic E-state index is 5.92. The van der Waals surface area contributed by atoms with Gasteiger partial charge in [0.25, 0.3) is 0 Å². The van der Waals surface area contributed by atoms with Gasteiger partial charge in [-0.25, -0.2) is 0 Å². The van der Waals surface area contributed by atoms with E-state index in [9.17, 15) is 0 Å². The largest absolute Gasteiger partial charge is 0.371 e. The van der Waals surface area contributed by atoms with Gasteiger partial charge in [0.2, 0.25) is 0 Å². The first-order valence-electron chi connectivity index (χ1n) is 4.86. The van der Waals surface area contributed by atoms with Crippen LogP contribution < -0.4 is 5.32 Å². The predicted molar refractivity (Wildman–Crippen MR) is 57.6 cm³/mol. The molecule has 0 bridgehead atoms. The quantitative estimate of drug-likeness (QED) is 0.770. The van der Waals surface area contributed by atoms with Gasteiger partial charge >= 0.3 is 0 Å². The molecule has 14 heavy (non-hydrogen) atoms. The first kappa shape index (κ1) is 9.97. The third kappa shape index (κ3) is 2.27. The van der Waals surface area contributed by atoms with Crippen molar-refractivity contribution in [2.24, 2.45) is 0 Å².